The zero-order valence-electron chi connectivity index (χ0n) is 8.58. The summed E-state index contributed by atoms with van der Waals surface area (Å²) in [4.78, 5) is 0.952. The Morgan fingerprint density at radius 1 is 1.00 bits per heavy atom. The summed E-state index contributed by atoms with van der Waals surface area (Å²) in [7, 11) is 0. The number of anilines is 1. The average Bonchev–Trinajstić information content (AvgIpc) is 2.29. The molecule has 2 N–H and O–H groups in total. The molecule has 0 atom stereocenters. The maximum Gasteiger partial charge on any atom is 0.137 e. The lowest BCUT2D eigenvalue weighted by molar-refractivity contribution is 0.601. The molecule has 0 radical (unpaired) electrons. The van der Waals surface area contributed by atoms with Crippen molar-refractivity contribution in [1.82, 2.24) is 0 Å². The van der Waals surface area contributed by atoms with Gasteiger partial charge in [-0.3, -0.25) is 0 Å². The third kappa shape index (κ3) is 2.90. The molecule has 17 heavy (non-hydrogen) atoms. The fourth-order valence-electron chi connectivity index (χ4n) is 1.28. The maximum absolute atomic E-state index is 13.4. The molecular formula is C12H8F2INS. The van der Waals surface area contributed by atoms with E-state index in [9.17, 15) is 8.78 Å². The van der Waals surface area contributed by atoms with Crippen LogP contribution in [0.2, 0.25) is 0 Å². The Hall–Kier alpha value is -0.820. The molecule has 0 bridgehead atoms. The van der Waals surface area contributed by atoms with E-state index >= 15 is 0 Å². The minimum absolute atomic E-state index is 0.337. The fraction of sp³-hybridized carbons (Fsp3) is 0. The molecule has 0 saturated carbocycles. The summed E-state index contributed by atoms with van der Waals surface area (Å²) in [6.45, 7) is 0. The fourth-order valence-corrected chi connectivity index (χ4v) is 2.66. The molecule has 2 aromatic rings. The average molecular weight is 363 g/mol. The second kappa shape index (κ2) is 5.22. The van der Waals surface area contributed by atoms with Crippen LogP contribution in [0.15, 0.2) is 46.2 Å². The van der Waals surface area contributed by atoms with Gasteiger partial charge >= 0.3 is 0 Å². The van der Waals surface area contributed by atoms with Gasteiger partial charge in [0.2, 0.25) is 0 Å². The third-order valence-electron chi connectivity index (χ3n) is 2.11. The molecule has 0 aliphatic heterocycles. The summed E-state index contributed by atoms with van der Waals surface area (Å²) in [5, 5.41) is 0. The van der Waals surface area contributed by atoms with Crippen molar-refractivity contribution in [2.45, 2.75) is 9.79 Å². The van der Waals surface area contributed by atoms with Crippen LogP contribution in [0.1, 0.15) is 0 Å². The van der Waals surface area contributed by atoms with Crippen LogP contribution in [0, 0.1) is 15.2 Å². The highest BCUT2D eigenvalue weighted by molar-refractivity contribution is 14.1. The number of benzene rings is 2. The SMILES string of the molecule is Nc1cc(I)c(F)cc1Sc1ccccc1F. The van der Waals surface area contributed by atoms with E-state index in [1.807, 2.05) is 22.6 Å². The first-order valence-corrected chi connectivity index (χ1v) is 6.64. The highest BCUT2D eigenvalue weighted by atomic mass is 127. The first-order chi connectivity index (χ1) is 8.08. The number of halogens is 3. The van der Waals surface area contributed by atoms with Crippen molar-refractivity contribution in [2.75, 3.05) is 5.73 Å². The first-order valence-electron chi connectivity index (χ1n) is 4.75. The van der Waals surface area contributed by atoms with E-state index < -0.39 is 0 Å². The van der Waals surface area contributed by atoms with Crippen LogP contribution in [-0.2, 0) is 0 Å². The van der Waals surface area contributed by atoms with Gasteiger partial charge in [0.05, 0.1) is 3.57 Å². The van der Waals surface area contributed by atoms with E-state index in [1.54, 1.807) is 24.3 Å². The van der Waals surface area contributed by atoms with E-state index in [0.717, 1.165) is 11.8 Å². The molecular weight excluding hydrogens is 355 g/mol. The predicted molar refractivity (Wildman–Crippen MR) is 74.1 cm³/mol. The lowest BCUT2D eigenvalue weighted by Crippen LogP contribution is -1.93. The van der Waals surface area contributed by atoms with Gasteiger partial charge in [0.15, 0.2) is 0 Å². The number of rotatable bonds is 2. The second-order valence-electron chi connectivity index (χ2n) is 3.34. The van der Waals surface area contributed by atoms with Crippen LogP contribution >= 0.6 is 34.4 Å². The second-order valence-corrected chi connectivity index (χ2v) is 5.58. The molecule has 0 heterocycles. The largest absolute Gasteiger partial charge is 0.398 e. The zero-order valence-corrected chi connectivity index (χ0v) is 11.6. The van der Waals surface area contributed by atoms with E-state index in [-0.39, 0.29) is 11.6 Å². The van der Waals surface area contributed by atoms with E-state index in [2.05, 4.69) is 0 Å². The van der Waals surface area contributed by atoms with Crippen molar-refractivity contribution < 1.29 is 8.78 Å². The molecule has 1 nitrogen and oxygen atoms in total. The lowest BCUT2D eigenvalue weighted by atomic mass is 10.3. The van der Waals surface area contributed by atoms with Crippen LogP contribution in [0.4, 0.5) is 14.5 Å². The molecule has 0 amide bonds. The van der Waals surface area contributed by atoms with Crippen molar-refractivity contribution in [2.24, 2.45) is 0 Å². The number of nitrogens with two attached hydrogens (primary N) is 1. The molecule has 0 saturated heterocycles. The zero-order chi connectivity index (χ0) is 12.4. The third-order valence-corrected chi connectivity index (χ3v) is 4.06. The summed E-state index contributed by atoms with van der Waals surface area (Å²) in [5.41, 5.74) is 6.22. The molecule has 2 rings (SSSR count). The van der Waals surface area contributed by atoms with Crippen LogP contribution in [0.5, 0.6) is 0 Å². The highest BCUT2D eigenvalue weighted by Crippen LogP contribution is 2.35. The predicted octanol–water partition coefficient (Wildman–Crippen LogP) is 4.30. The Bertz CT molecular complexity index is 560. The van der Waals surface area contributed by atoms with Gasteiger partial charge in [0.25, 0.3) is 0 Å². The van der Waals surface area contributed by atoms with Gasteiger partial charge in [-0.25, -0.2) is 8.78 Å². The van der Waals surface area contributed by atoms with Gasteiger partial charge < -0.3 is 5.73 Å². The topological polar surface area (TPSA) is 26.0 Å². The number of hydrogen-bond acceptors (Lipinski definition) is 2. The van der Waals surface area contributed by atoms with E-state index in [1.165, 1.54) is 12.1 Å². The molecule has 2 aromatic carbocycles. The number of nitrogen functional groups attached to an aromatic ring is 1. The summed E-state index contributed by atoms with van der Waals surface area (Å²) < 4.78 is 27.3. The van der Waals surface area contributed by atoms with Crippen molar-refractivity contribution >= 4 is 40.0 Å². The van der Waals surface area contributed by atoms with Crippen LogP contribution in [0.25, 0.3) is 0 Å². The molecule has 0 fully saturated rings. The Labute approximate surface area is 116 Å². The van der Waals surface area contributed by atoms with Crippen molar-refractivity contribution in [3.05, 3.63) is 51.6 Å². The first kappa shape index (κ1) is 12.6. The highest BCUT2D eigenvalue weighted by Gasteiger charge is 2.09. The van der Waals surface area contributed by atoms with Crippen LogP contribution in [-0.4, -0.2) is 0 Å². The summed E-state index contributed by atoms with van der Waals surface area (Å²) in [6, 6.07) is 9.20. The van der Waals surface area contributed by atoms with Gasteiger partial charge in [0.1, 0.15) is 11.6 Å². The van der Waals surface area contributed by atoms with Crippen LogP contribution < -0.4 is 5.73 Å². The molecule has 88 valence electrons. The van der Waals surface area contributed by atoms with Crippen molar-refractivity contribution in [3.63, 3.8) is 0 Å². The van der Waals surface area contributed by atoms with Crippen molar-refractivity contribution in [3.8, 4) is 0 Å². The van der Waals surface area contributed by atoms with Gasteiger partial charge in [0, 0.05) is 15.5 Å². The van der Waals surface area contributed by atoms with E-state index in [0.29, 0.717) is 19.0 Å². The molecule has 5 heteroatoms. The molecule has 0 aromatic heterocycles. The summed E-state index contributed by atoms with van der Waals surface area (Å²) in [5.74, 6) is -0.686. The van der Waals surface area contributed by atoms with Gasteiger partial charge in [-0.1, -0.05) is 23.9 Å². The molecule has 0 aliphatic carbocycles. The van der Waals surface area contributed by atoms with Gasteiger partial charge in [-0.2, -0.15) is 0 Å². The Kier molecular flexibility index (Phi) is 3.88. The molecule has 0 spiro atoms. The standard InChI is InChI=1S/C12H8F2INS/c13-7-3-1-2-4-11(7)17-12-5-8(14)9(15)6-10(12)16/h1-6H,16H2. The minimum atomic E-state index is -0.348. The minimum Gasteiger partial charge on any atom is -0.398 e. The number of hydrogen-bond donors (Lipinski definition) is 1. The van der Waals surface area contributed by atoms with Crippen LogP contribution in [0.3, 0.4) is 0 Å². The van der Waals surface area contributed by atoms with Gasteiger partial charge in [-0.05, 0) is 46.9 Å². The Morgan fingerprint density at radius 3 is 2.41 bits per heavy atom. The monoisotopic (exact) mass is 363 g/mol. The van der Waals surface area contributed by atoms with Gasteiger partial charge in [-0.15, -0.1) is 0 Å². The smallest absolute Gasteiger partial charge is 0.137 e. The molecule has 0 unspecified atom stereocenters. The lowest BCUT2D eigenvalue weighted by Gasteiger charge is -2.07. The summed E-state index contributed by atoms with van der Waals surface area (Å²) >= 11 is 2.99. The maximum atomic E-state index is 13.4. The van der Waals surface area contributed by atoms with E-state index in [4.69, 9.17) is 5.73 Å². The van der Waals surface area contributed by atoms with Crippen molar-refractivity contribution in [1.29, 1.82) is 0 Å². The Balaban J connectivity index is 2.37. The normalized spacial score (nSPS) is 10.5. The summed E-state index contributed by atoms with van der Waals surface area (Å²) in [6.07, 6.45) is 0. The molecule has 0 aliphatic rings. The quantitative estimate of drug-likeness (QED) is 0.636. The Morgan fingerprint density at radius 2 is 1.71 bits per heavy atom.